The van der Waals surface area contributed by atoms with E-state index in [2.05, 4.69) is 0 Å². The highest BCUT2D eigenvalue weighted by Crippen LogP contribution is 2.28. The maximum absolute atomic E-state index is 11.6. The van der Waals surface area contributed by atoms with Crippen molar-refractivity contribution < 1.29 is 9.53 Å². The van der Waals surface area contributed by atoms with Crippen LogP contribution in [-0.4, -0.2) is 18.9 Å². The molecule has 0 spiro atoms. The number of hydrogen-bond donors (Lipinski definition) is 1. The Morgan fingerprint density at radius 2 is 2.21 bits per heavy atom. The molecule has 14 heavy (non-hydrogen) atoms. The van der Waals surface area contributed by atoms with Crippen LogP contribution in [0.25, 0.3) is 0 Å². The molecule has 1 aromatic carbocycles. The number of carbonyl (C=O) groups is 1. The highest BCUT2D eigenvalue weighted by Gasteiger charge is 2.16. The van der Waals surface area contributed by atoms with Gasteiger partial charge in [-0.3, -0.25) is 4.79 Å². The van der Waals surface area contributed by atoms with Crippen LogP contribution in [0.15, 0.2) is 18.2 Å². The van der Waals surface area contributed by atoms with Crippen molar-refractivity contribution in [2.75, 3.05) is 7.11 Å². The number of benzene rings is 1. The third-order valence-electron chi connectivity index (χ3n) is 1.86. The fourth-order valence-electron chi connectivity index (χ4n) is 1.10. The quantitative estimate of drug-likeness (QED) is 0.780. The van der Waals surface area contributed by atoms with E-state index in [1.54, 1.807) is 25.1 Å². The molecule has 76 valence electrons. The minimum Gasteiger partial charge on any atom is -0.495 e. The van der Waals surface area contributed by atoms with Crippen molar-refractivity contribution >= 4 is 17.4 Å². The van der Waals surface area contributed by atoms with Gasteiger partial charge in [0.25, 0.3) is 0 Å². The molecule has 0 aliphatic rings. The molecule has 3 nitrogen and oxygen atoms in total. The summed E-state index contributed by atoms with van der Waals surface area (Å²) < 4.78 is 4.99. The van der Waals surface area contributed by atoms with Crippen LogP contribution in [0, 0.1) is 0 Å². The molecule has 1 atom stereocenters. The van der Waals surface area contributed by atoms with Gasteiger partial charge in [0.15, 0.2) is 5.78 Å². The molecule has 1 aromatic rings. The molecule has 0 saturated carbocycles. The van der Waals surface area contributed by atoms with E-state index in [9.17, 15) is 4.79 Å². The van der Waals surface area contributed by atoms with Crippen LogP contribution in [0.3, 0.4) is 0 Å². The van der Waals surface area contributed by atoms with E-state index in [0.29, 0.717) is 16.3 Å². The summed E-state index contributed by atoms with van der Waals surface area (Å²) in [6.07, 6.45) is 0. The van der Waals surface area contributed by atoms with Crippen molar-refractivity contribution in [3.63, 3.8) is 0 Å². The molecule has 2 N–H and O–H groups in total. The number of hydrogen-bond acceptors (Lipinski definition) is 3. The van der Waals surface area contributed by atoms with Gasteiger partial charge < -0.3 is 10.5 Å². The lowest BCUT2D eigenvalue weighted by Crippen LogP contribution is -2.26. The Kier molecular flexibility index (Phi) is 3.49. The zero-order chi connectivity index (χ0) is 10.7. The first-order chi connectivity index (χ1) is 6.57. The lowest BCUT2D eigenvalue weighted by atomic mass is 10.1. The zero-order valence-corrected chi connectivity index (χ0v) is 8.84. The van der Waals surface area contributed by atoms with Gasteiger partial charge in [-0.25, -0.2) is 0 Å². The Morgan fingerprint density at radius 3 is 2.71 bits per heavy atom. The molecule has 0 amide bonds. The highest BCUT2D eigenvalue weighted by molar-refractivity contribution is 6.35. The standard InChI is InChI=1S/C10H12ClNO2/c1-6(12)10(13)7-4-3-5-8(14-2)9(7)11/h3-6H,12H2,1-2H3. The predicted octanol–water partition coefficient (Wildman–Crippen LogP) is 1.88. The smallest absolute Gasteiger partial charge is 0.180 e. The summed E-state index contributed by atoms with van der Waals surface area (Å²) in [6.45, 7) is 1.62. The number of nitrogens with two attached hydrogens (primary N) is 1. The number of rotatable bonds is 3. The fraction of sp³-hybridized carbons (Fsp3) is 0.300. The van der Waals surface area contributed by atoms with Gasteiger partial charge in [0.2, 0.25) is 0 Å². The van der Waals surface area contributed by atoms with Crippen LogP contribution in [0.1, 0.15) is 17.3 Å². The molecule has 1 rings (SSSR count). The van der Waals surface area contributed by atoms with E-state index in [-0.39, 0.29) is 5.78 Å². The van der Waals surface area contributed by atoms with Crippen molar-refractivity contribution in [3.05, 3.63) is 28.8 Å². The van der Waals surface area contributed by atoms with Crippen LogP contribution < -0.4 is 10.5 Å². The first-order valence-electron chi connectivity index (χ1n) is 4.20. The number of carbonyl (C=O) groups excluding carboxylic acids is 1. The lowest BCUT2D eigenvalue weighted by Gasteiger charge is -2.09. The summed E-state index contributed by atoms with van der Waals surface area (Å²) in [5.74, 6) is 0.298. The van der Waals surface area contributed by atoms with Gasteiger partial charge in [-0.15, -0.1) is 0 Å². The monoisotopic (exact) mass is 213 g/mol. The number of halogens is 1. The second-order valence-electron chi connectivity index (χ2n) is 2.97. The summed E-state index contributed by atoms with van der Waals surface area (Å²) in [6, 6.07) is 4.48. The number of ether oxygens (including phenoxy) is 1. The van der Waals surface area contributed by atoms with Crippen LogP contribution in [0.2, 0.25) is 5.02 Å². The second kappa shape index (κ2) is 4.44. The maximum atomic E-state index is 11.6. The highest BCUT2D eigenvalue weighted by atomic mass is 35.5. The van der Waals surface area contributed by atoms with Crippen molar-refractivity contribution in [2.24, 2.45) is 5.73 Å². The average Bonchev–Trinajstić information content (AvgIpc) is 2.17. The van der Waals surface area contributed by atoms with Crippen molar-refractivity contribution in [1.29, 1.82) is 0 Å². The van der Waals surface area contributed by atoms with Crippen molar-refractivity contribution in [3.8, 4) is 5.75 Å². The van der Waals surface area contributed by atoms with E-state index in [4.69, 9.17) is 22.1 Å². The number of ketones is 1. The summed E-state index contributed by atoms with van der Waals surface area (Å²) in [7, 11) is 1.50. The summed E-state index contributed by atoms with van der Waals surface area (Å²) in [5, 5.41) is 0.317. The lowest BCUT2D eigenvalue weighted by molar-refractivity contribution is 0.0968. The average molecular weight is 214 g/mol. The molecule has 0 saturated heterocycles. The van der Waals surface area contributed by atoms with Crippen LogP contribution in [-0.2, 0) is 0 Å². The molecule has 0 radical (unpaired) electrons. The Labute approximate surface area is 87.8 Å². The molecule has 0 bridgehead atoms. The van der Waals surface area contributed by atoms with Gasteiger partial charge in [-0.2, -0.15) is 0 Å². The Bertz CT molecular complexity index is 350. The minimum atomic E-state index is -0.556. The van der Waals surface area contributed by atoms with E-state index in [1.165, 1.54) is 7.11 Å². The Hall–Kier alpha value is -1.06. The molecular weight excluding hydrogens is 202 g/mol. The van der Waals surface area contributed by atoms with Gasteiger partial charge in [0.1, 0.15) is 5.75 Å². The number of methoxy groups -OCH3 is 1. The van der Waals surface area contributed by atoms with Crippen LogP contribution in [0.4, 0.5) is 0 Å². The first-order valence-corrected chi connectivity index (χ1v) is 4.58. The topological polar surface area (TPSA) is 52.3 Å². The second-order valence-corrected chi connectivity index (χ2v) is 3.35. The van der Waals surface area contributed by atoms with Crippen LogP contribution in [0.5, 0.6) is 5.75 Å². The van der Waals surface area contributed by atoms with Gasteiger partial charge in [0.05, 0.1) is 18.2 Å². The Balaban J connectivity index is 3.16. The molecule has 0 fully saturated rings. The molecule has 1 unspecified atom stereocenters. The summed E-state index contributed by atoms with van der Waals surface area (Å²) >= 11 is 5.95. The van der Waals surface area contributed by atoms with Crippen LogP contribution >= 0.6 is 11.6 Å². The van der Waals surface area contributed by atoms with Gasteiger partial charge in [-0.1, -0.05) is 17.7 Å². The van der Waals surface area contributed by atoms with E-state index < -0.39 is 6.04 Å². The van der Waals surface area contributed by atoms with Crippen molar-refractivity contribution in [1.82, 2.24) is 0 Å². The molecule has 0 heterocycles. The van der Waals surface area contributed by atoms with E-state index in [1.807, 2.05) is 0 Å². The first kappa shape index (κ1) is 11.0. The predicted molar refractivity (Wildman–Crippen MR) is 56.0 cm³/mol. The Morgan fingerprint density at radius 1 is 1.57 bits per heavy atom. The third kappa shape index (κ3) is 2.05. The maximum Gasteiger partial charge on any atom is 0.180 e. The molecule has 0 aromatic heterocycles. The molecule has 0 aliphatic heterocycles. The van der Waals surface area contributed by atoms with Crippen molar-refractivity contribution in [2.45, 2.75) is 13.0 Å². The summed E-state index contributed by atoms with van der Waals surface area (Å²) in [5.41, 5.74) is 5.88. The SMILES string of the molecule is COc1cccc(C(=O)C(C)N)c1Cl. The normalized spacial score (nSPS) is 12.3. The fourth-order valence-corrected chi connectivity index (χ4v) is 1.40. The number of Topliss-reactive ketones (excluding diaryl/α,β-unsaturated/α-hetero) is 1. The molecule has 4 heteroatoms. The molecule has 0 aliphatic carbocycles. The zero-order valence-electron chi connectivity index (χ0n) is 8.08. The largest absolute Gasteiger partial charge is 0.495 e. The van der Waals surface area contributed by atoms with E-state index >= 15 is 0 Å². The van der Waals surface area contributed by atoms with Gasteiger partial charge in [0, 0.05) is 5.56 Å². The van der Waals surface area contributed by atoms with E-state index in [0.717, 1.165) is 0 Å². The van der Waals surface area contributed by atoms with Gasteiger partial charge >= 0.3 is 0 Å². The third-order valence-corrected chi connectivity index (χ3v) is 2.25. The molecular formula is C10H12ClNO2. The van der Waals surface area contributed by atoms with Gasteiger partial charge in [-0.05, 0) is 19.1 Å². The summed E-state index contributed by atoms with van der Waals surface area (Å²) in [4.78, 5) is 11.6. The minimum absolute atomic E-state index is 0.186.